The summed E-state index contributed by atoms with van der Waals surface area (Å²) in [5.74, 6) is 9.23. The summed E-state index contributed by atoms with van der Waals surface area (Å²) < 4.78 is 17.6. The lowest BCUT2D eigenvalue weighted by Crippen LogP contribution is -2.34. The summed E-state index contributed by atoms with van der Waals surface area (Å²) in [4.78, 5) is 2.41. The minimum Gasteiger partial charge on any atom is -0.497 e. The molecule has 0 aromatic heterocycles. The van der Waals surface area contributed by atoms with Crippen LogP contribution >= 0.6 is 15.9 Å². The molecule has 4 rings (SSSR count). The third kappa shape index (κ3) is 4.77. The van der Waals surface area contributed by atoms with Crippen LogP contribution in [0.5, 0.6) is 17.2 Å². The van der Waals surface area contributed by atoms with Crippen molar-refractivity contribution in [3.63, 3.8) is 0 Å². The smallest absolute Gasteiger partial charge is 0.161 e. The van der Waals surface area contributed by atoms with Gasteiger partial charge in [0.15, 0.2) is 11.5 Å². The molecule has 3 aromatic carbocycles. The molecule has 0 amide bonds. The first-order valence-corrected chi connectivity index (χ1v) is 11.3. The monoisotopic (exact) mass is 491 g/mol. The Bertz CT molecular complexity index is 1150. The molecular formula is C27H26BrNO3. The van der Waals surface area contributed by atoms with Gasteiger partial charge in [0.2, 0.25) is 0 Å². The van der Waals surface area contributed by atoms with Gasteiger partial charge in [-0.1, -0.05) is 46.0 Å². The van der Waals surface area contributed by atoms with Crippen LogP contribution < -0.4 is 14.2 Å². The van der Waals surface area contributed by atoms with Gasteiger partial charge >= 0.3 is 0 Å². The molecule has 0 saturated carbocycles. The fourth-order valence-corrected chi connectivity index (χ4v) is 4.40. The summed E-state index contributed by atoms with van der Waals surface area (Å²) in [6, 6.07) is 20.3. The quantitative estimate of drug-likeness (QED) is 0.433. The normalized spacial score (nSPS) is 15.3. The van der Waals surface area contributed by atoms with Gasteiger partial charge in [-0.3, -0.25) is 4.90 Å². The molecule has 32 heavy (non-hydrogen) atoms. The molecule has 0 radical (unpaired) electrons. The highest BCUT2D eigenvalue weighted by molar-refractivity contribution is 9.10. The zero-order chi connectivity index (χ0) is 22.5. The maximum atomic E-state index is 5.60. The van der Waals surface area contributed by atoms with Gasteiger partial charge in [-0.2, -0.15) is 0 Å². The molecule has 3 aromatic rings. The third-order valence-corrected chi connectivity index (χ3v) is 6.50. The first kappa shape index (κ1) is 22.3. The lowest BCUT2D eigenvalue weighted by molar-refractivity contribution is 0.215. The molecule has 1 atom stereocenters. The van der Waals surface area contributed by atoms with Crippen molar-refractivity contribution >= 4 is 15.9 Å². The van der Waals surface area contributed by atoms with Crippen molar-refractivity contribution in [2.75, 3.05) is 27.9 Å². The van der Waals surface area contributed by atoms with Crippen LogP contribution in [0.15, 0.2) is 65.1 Å². The zero-order valence-corrected chi connectivity index (χ0v) is 20.1. The van der Waals surface area contributed by atoms with Crippen LogP contribution in [0.2, 0.25) is 0 Å². The maximum absolute atomic E-state index is 5.60. The van der Waals surface area contributed by atoms with Gasteiger partial charge in [0.25, 0.3) is 0 Å². The van der Waals surface area contributed by atoms with E-state index in [9.17, 15) is 0 Å². The van der Waals surface area contributed by atoms with Crippen molar-refractivity contribution < 1.29 is 14.2 Å². The van der Waals surface area contributed by atoms with E-state index in [1.165, 1.54) is 11.1 Å². The predicted molar refractivity (Wildman–Crippen MR) is 130 cm³/mol. The lowest BCUT2D eigenvalue weighted by Gasteiger charge is -2.35. The topological polar surface area (TPSA) is 30.9 Å². The van der Waals surface area contributed by atoms with Gasteiger partial charge in [0, 0.05) is 23.1 Å². The number of hydrogen-bond acceptors (Lipinski definition) is 4. The average Bonchev–Trinajstić information content (AvgIpc) is 2.84. The highest BCUT2D eigenvalue weighted by Crippen LogP contribution is 2.39. The molecule has 0 saturated heterocycles. The molecule has 1 heterocycles. The van der Waals surface area contributed by atoms with Gasteiger partial charge < -0.3 is 14.2 Å². The molecule has 0 bridgehead atoms. The van der Waals surface area contributed by atoms with Gasteiger partial charge in [0.05, 0.1) is 27.4 Å². The number of benzene rings is 3. The van der Waals surface area contributed by atoms with Crippen molar-refractivity contribution in [1.82, 2.24) is 4.90 Å². The van der Waals surface area contributed by atoms with E-state index in [0.717, 1.165) is 52.4 Å². The fraction of sp³-hybridized carbons (Fsp3) is 0.259. The zero-order valence-electron chi connectivity index (χ0n) is 18.5. The van der Waals surface area contributed by atoms with Crippen LogP contribution in [-0.2, 0) is 13.0 Å². The van der Waals surface area contributed by atoms with E-state index in [1.54, 1.807) is 21.3 Å². The second-order valence-electron chi connectivity index (χ2n) is 7.62. The van der Waals surface area contributed by atoms with Gasteiger partial charge in [0.1, 0.15) is 5.75 Å². The van der Waals surface area contributed by atoms with Crippen LogP contribution in [0.1, 0.15) is 28.3 Å². The Balaban J connectivity index is 1.76. The SMILES string of the molecule is COc1ccc(Br)c(CN2CCc3cc(OC)c(OC)cc3C2C#Cc2ccccc2)c1. The minimum absolute atomic E-state index is 0.0723. The van der Waals surface area contributed by atoms with Crippen molar-refractivity contribution in [1.29, 1.82) is 0 Å². The number of rotatable bonds is 5. The predicted octanol–water partition coefficient (Wildman–Crippen LogP) is 5.63. The second kappa shape index (κ2) is 10.1. The van der Waals surface area contributed by atoms with Gasteiger partial charge in [-0.15, -0.1) is 0 Å². The molecule has 164 valence electrons. The molecule has 0 aliphatic carbocycles. The van der Waals surface area contributed by atoms with Crippen LogP contribution in [0, 0.1) is 11.8 Å². The van der Waals surface area contributed by atoms with E-state index < -0.39 is 0 Å². The summed E-state index contributed by atoms with van der Waals surface area (Å²) in [6.45, 7) is 1.64. The molecule has 1 aliphatic heterocycles. The highest BCUT2D eigenvalue weighted by Gasteiger charge is 2.28. The van der Waals surface area contributed by atoms with Crippen LogP contribution in [0.25, 0.3) is 0 Å². The fourth-order valence-electron chi connectivity index (χ4n) is 4.03. The van der Waals surface area contributed by atoms with E-state index >= 15 is 0 Å². The standard InChI is InChI=1S/C27H26BrNO3/c1-30-22-10-11-24(28)21(15-22)18-29-14-13-20-16-26(31-2)27(32-3)17-23(20)25(29)12-9-19-7-5-4-6-8-19/h4-8,10-11,15-17,25H,13-14,18H2,1-3H3. The number of halogens is 1. The van der Waals surface area contributed by atoms with Crippen LogP contribution in [0.4, 0.5) is 0 Å². The van der Waals surface area contributed by atoms with Crippen molar-refractivity contribution in [2.45, 2.75) is 19.0 Å². The largest absolute Gasteiger partial charge is 0.497 e. The summed E-state index contributed by atoms with van der Waals surface area (Å²) in [5.41, 5.74) is 4.58. The molecule has 0 spiro atoms. The Morgan fingerprint density at radius 1 is 0.938 bits per heavy atom. The first-order chi connectivity index (χ1) is 15.6. The lowest BCUT2D eigenvalue weighted by atomic mass is 9.91. The summed E-state index contributed by atoms with van der Waals surface area (Å²) >= 11 is 3.70. The van der Waals surface area contributed by atoms with E-state index in [0.29, 0.717) is 0 Å². The third-order valence-electron chi connectivity index (χ3n) is 5.73. The number of ether oxygens (including phenoxy) is 3. The van der Waals surface area contributed by atoms with E-state index in [1.807, 2.05) is 42.5 Å². The molecule has 1 unspecified atom stereocenters. The Morgan fingerprint density at radius 2 is 1.69 bits per heavy atom. The molecule has 5 heteroatoms. The van der Waals surface area contributed by atoms with Crippen molar-refractivity contribution in [2.24, 2.45) is 0 Å². The Labute approximate surface area is 198 Å². The van der Waals surface area contributed by atoms with E-state index in [2.05, 4.69) is 50.9 Å². The van der Waals surface area contributed by atoms with E-state index in [-0.39, 0.29) is 6.04 Å². The Morgan fingerprint density at radius 3 is 2.41 bits per heavy atom. The molecular weight excluding hydrogens is 466 g/mol. The maximum Gasteiger partial charge on any atom is 0.161 e. The van der Waals surface area contributed by atoms with Crippen molar-refractivity contribution in [3.8, 4) is 29.1 Å². The van der Waals surface area contributed by atoms with Crippen LogP contribution in [-0.4, -0.2) is 32.8 Å². The minimum atomic E-state index is -0.0723. The average molecular weight is 492 g/mol. The molecule has 0 N–H and O–H groups in total. The number of nitrogens with zero attached hydrogens (tertiary/aromatic N) is 1. The molecule has 0 fully saturated rings. The molecule has 4 nitrogen and oxygen atoms in total. The molecule has 1 aliphatic rings. The van der Waals surface area contributed by atoms with Crippen LogP contribution in [0.3, 0.4) is 0 Å². The van der Waals surface area contributed by atoms with Gasteiger partial charge in [-0.05, 0) is 65.6 Å². The van der Waals surface area contributed by atoms with Gasteiger partial charge in [-0.25, -0.2) is 0 Å². The Kier molecular flexibility index (Phi) is 7.04. The first-order valence-electron chi connectivity index (χ1n) is 10.5. The highest BCUT2D eigenvalue weighted by atomic mass is 79.9. The number of hydrogen-bond donors (Lipinski definition) is 0. The summed E-state index contributed by atoms with van der Waals surface area (Å²) in [6.07, 6.45) is 0.917. The number of methoxy groups -OCH3 is 3. The van der Waals surface area contributed by atoms with E-state index in [4.69, 9.17) is 14.2 Å². The summed E-state index contributed by atoms with van der Waals surface area (Å²) in [5, 5.41) is 0. The Hall–Kier alpha value is -2.94. The second-order valence-corrected chi connectivity index (χ2v) is 8.48. The number of fused-ring (bicyclic) bond motifs is 1. The van der Waals surface area contributed by atoms with Crippen molar-refractivity contribution in [3.05, 3.63) is 87.4 Å². The summed E-state index contributed by atoms with van der Waals surface area (Å²) in [7, 11) is 5.03.